The number of nitrogens with zero attached hydrogens (tertiary/aromatic N) is 4. The van der Waals surface area contributed by atoms with Crippen molar-refractivity contribution < 1.29 is 4.79 Å². The number of halogens is 1. The molecule has 0 aromatic carbocycles. The molecular weight excluding hydrogens is 230 g/mol. The summed E-state index contributed by atoms with van der Waals surface area (Å²) >= 11 is 5.83. The number of amides is 1. The van der Waals surface area contributed by atoms with Gasteiger partial charge in [-0.3, -0.25) is 4.79 Å². The number of carbonyl (C=O) groups is 1. The van der Waals surface area contributed by atoms with Crippen LogP contribution in [0.4, 0.5) is 11.8 Å². The minimum atomic E-state index is -0.203. The molecule has 0 radical (unpaired) electrons. The van der Waals surface area contributed by atoms with Gasteiger partial charge < -0.3 is 5.32 Å². The van der Waals surface area contributed by atoms with Crippen LogP contribution >= 0.6 is 11.6 Å². The third kappa shape index (κ3) is 2.46. The van der Waals surface area contributed by atoms with Crippen LogP contribution in [0, 0.1) is 0 Å². The van der Waals surface area contributed by atoms with Crippen LogP contribution in [0.1, 0.15) is 13.3 Å². The van der Waals surface area contributed by atoms with Crippen LogP contribution in [0.3, 0.4) is 0 Å². The van der Waals surface area contributed by atoms with Crippen LogP contribution < -0.4 is 10.3 Å². The lowest BCUT2D eigenvalue weighted by Crippen LogP contribution is -2.17. The molecule has 1 aromatic heterocycles. The number of nitrogens with one attached hydrogen (secondary N) is 1. The van der Waals surface area contributed by atoms with Gasteiger partial charge >= 0.3 is 0 Å². The molecule has 1 aliphatic rings. The Morgan fingerprint density at radius 3 is 3.00 bits per heavy atom. The van der Waals surface area contributed by atoms with E-state index < -0.39 is 0 Å². The van der Waals surface area contributed by atoms with Gasteiger partial charge in [0.15, 0.2) is 0 Å². The van der Waals surface area contributed by atoms with E-state index in [2.05, 4.69) is 20.4 Å². The van der Waals surface area contributed by atoms with E-state index in [0.717, 1.165) is 13.0 Å². The Hall–Kier alpha value is -1.69. The van der Waals surface area contributed by atoms with Crippen molar-refractivity contribution in [3.05, 3.63) is 11.2 Å². The van der Waals surface area contributed by atoms with Gasteiger partial charge in [0.2, 0.25) is 11.9 Å². The highest BCUT2D eigenvalue weighted by molar-refractivity contribution is 6.29. The second-order valence-corrected chi connectivity index (χ2v) is 3.65. The highest BCUT2D eigenvalue weighted by Gasteiger charge is 2.13. The van der Waals surface area contributed by atoms with Gasteiger partial charge in [-0.1, -0.05) is 11.6 Å². The quantitative estimate of drug-likeness (QED) is 0.790. The van der Waals surface area contributed by atoms with Crippen LogP contribution in [0.25, 0.3) is 0 Å². The minimum Gasteiger partial charge on any atom is -0.311 e. The van der Waals surface area contributed by atoms with Crippen molar-refractivity contribution in [3.8, 4) is 0 Å². The number of hydrazone groups is 1. The monoisotopic (exact) mass is 239 g/mol. The van der Waals surface area contributed by atoms with E-state index in [-0.39, 0.29) is 11.1 Å². The number of rotatable bonds is 2. The first-order valence-electron chi connectivity index (χ1n) is 4.77. The van der Waals surface area contributed by atoms with Crippen molar-refractivity contribution in [2.75, 3.05) is 16.9 Å². The SMILES string of the molecule is CC(=O)Nc1cc(Cl)nc(N2CCC=N2)n1. The molecule has 16 heavy (non-hydrogen) atoms. The van der Waals surface area contributed by atoms with Crippen molar-refractivity contribution >= 4 is 35.5 Å². The summed E-state index contributed by atoms with van der Waals surface area (Å²) in [6.07, 6.45) is 2.63. The van der Waals surface area contributed by atoms with Gasteiger partial charge in [-0.05, 0) is 0 Å². The molecule has 0 aliphatic carbocycles. The third-order valence-corrected chi connectivity index (χ3v) is 2.10. The lowest BCUT2D eigenvalue weighted by Gasteiger charge is -2.12. The fraction of sp³-hybridized carbons (Fsp3) is 0.333. The number of anilines is 2. The van der Waals surface area contributed by atoms with Crippen LogP contribution in [0.5, 0.6) is 0 Å². The summed E-state index contributed by atoms with van der Waals surface area (Å²) < 4.78 is 0. The lowest BCUT2D eigenvalue weighted by atomic mass is 10.5. The van der Waals surface area contributed by atoms with E-state index in [0.29, 0.717) is 11.8 Å². The Kier molecular flexibility index (Phi) is 3.00. The molecule has 1 aromatic rings. The first-order chi connectivity index (χ1) is 7.65. The summed E-state index contributed by atoms with van der Waals surface area (Å²) in [5.74, 6) is 0.570. The van der Waals surface area contributed by atoms with E-state index in [4.69, 9.17) is 11.6 Å². The average Bonchev–Trinajstić information content (AvgIpc) is 2.67. The Balaban J connectivity index is 2.27. The average molecular weight is 240 g/mol. The van der Waals surface area contributed by atoms with Gasteiger partial charge in [0.25, 0.3) is 0 Å². The van der Waals surface area contributed by atoms with E-state index in [1.54, 1.807) is 11.2 Å². The highest BCUT2D eigenvalue weighted by Crippen LogP contribution is 2.19. The standard InChI is InChI=1S/C9H10ClN5O/c1-6(16)12-8-5-7(10)13-9(14-8)15-4-2-3-11-15/h3,5H,2,4H2,1H3,(H,12,13,14,16). The molecular formula is C9H10ClN5O. The zero-order chi connectivity index (χ0) is 11.5. The van der Waals surface area contributed by atoms with Gasteiger partial charge in [-0.2, -0.15) is 15.1 Å². The summed E-state index contributed by atoms with van der Waals surface area (Å²) in [4.78, 5) is 19.1. The highest BCUT2D eigenvalue weighted by atomic mass is 35.5. The predicted molar refractivity (Wildman–Crippen MR) is 61.8 cm³/mol. The third-order valence-electron chi connectivity index (χ3n) is 1.91. The van der Waals surface area contributed by atoms with Gasteiger partial charge in [-0.25, -0.2) is 5.01 Å². The van der Waals surface area contributed by atoms with Crippen molar-refractivity contribution in [3.63, 3.8) is 0 Å². The number of hydrogen-bond donors (Lipinski definition) is 1. The molecule has 7 heteroatoms. The van der Waals surface area contributed by atoms with Crippen molar-refractivity contribution in [2.45, 2.75) is 13.3 Å². The maximum absolute atomic E-state index is 10.9. The van der Waals surface area contributed by atoms with Crippen molar-refractivity contribution in [1.29, 1.82) is 0 Å². The fourth-order valence-corrected chi connectivity index (χ4v) is 1.49. The molecule has 1 amide bonds. The van der Waals surface area contributed by atoms with E-state index >= 15 is 0 Å². The van der Waals surface area contributed by atoms with Crippen LogP contribution in [-0.2, 0) is 4.79 Å². The Morgan fingerprint density at radius 1 is 1.56 bits per heavy atom. The minimum absolute atomic E-state index is 0.203. The molecule has 0 saturated carbocycles. The Labute approximate surface area is 97.3 Å². The molecule has 2 rings (SSSR count). The summed E-state index contributed by atoms with van der Waals surface area (Å²) in [6, 6.07) is 1.49. The first-order valence-corrected chi connectivity index (χ1v) is 5.15. The summed E-state index contributed by atoms with van der Waals surface area (Å²) in [7, 11) is 0. The van der Waals surface area contributed by atoms with Gasteiger partial charge in [0.1, 0.15) is 11.0 Å². The van der Waals surface area contributed by atoms with Crippen LogP contribution in [-0.4, -0.2) is 28.6 Å². The fourth-order valence-electron chi connectivity index (χ4n) is 1.31. The molecule has 0 unspecified atom stereocenters. The van der Waals surface area contributed by atoms with Crippen LogP contribution in [0.2, 0.25) is 5.15 Å². The maximum atomic E-state index is 10.9. The van der Waals surface area contributed by atoms with E-state index in [9.17, 15) is 4.79 Å². The van der Waals surface area contributed by atoms with E-state index in [1.165, 1.54) is 13.0 Å². The molecule has 0 atom stereocenters. The molecule has 0 bridgehead atoms. The molecule has 1 aliphatic heterocycles. The second kappa shape index (κ2) is 4.44. The number of aromatic nitrogens is 2. The van der Waals surface area contributed by atoms with Crippen LogP contribution in [0.15, 0.2) is 11.2 Å². The predicted octanol–water partition coefficient (Wildman–Crippen LogP) is 1.28. The smallest absolute Gasteiger partial charge is 0.249 e. The lowest BCUT2D eigenvalue weighted by molar-refractivity contribution is -0.114. The second-order valence-electron chi connectivity index (χ2n) is 3.27. The molecule has 0 spiro atoms. The topological polar surface area (TPSA) is 70.5 Å². The Bertz CT molecular complexity index is 448. The van der Waals surface area contributed by atoms with E-state index in [1.807, 2.05) is 0 Å². The van der Waals surface area contributed by atoms with Gasteiger partial charge in [0.05, 0.1) is 0 Å². The molecule has 0 saturated heterocycles. The zero-order valence-electron chi connectivity index (χ0n) is 8.64. The molecule has 1 N–H and O–H groups in total. The van der Waals surface area contributed by atoms with Crippen molar-refractivity contribution in [2.24, 2.45) is 5.10 Å². The van der Waals surface area contributed by atoms with Gasteiger partial charge in [-0.15, -0.1) is 0 Å². The molecule has 84 valence electrons. The normalized spacial score (nSPS) is 14.2. The first kappa shape index (κ1) is 10.8. The number of hydrogen-bond acceptors (Lipinski definition) is 5. The molecule has 2 heterocycles. The van der Waals surface area contributed by atoms with Gasteiger partial charge in [0, 0.05) is 32.2 Å². The molecule has 6 nitrogen and oxygen atoms in total. The summed E-state index contributed by atoms with van der Waals surface area (Å²) in [5, 5.41) is 8.55. The maximum Gasteiger partial charge on any atom is 0.249 e. The number of carbonyl (C=O) groups excluding carboxylic acids is 1. The summed E-state index contributed by atoms with van der Waals surface area (Å²) in [6.45, 7) is 2.13. The largest absolute Gasteiger partial charge is 0.311 e. The summed E-state index contributed by atoms with van der Waals surface area (Å²) in [5.41, 5.74) is 0. The van der Waals surface area contributed by atoms with Crippen molar-refractivity contribution in [1.82, 2.24) is 9.97 Å². The molecule has 0 fully saturated rings. The zero-order valence-corrected chi connectivity index (χ0v) is 9.40. The Morgan fingerprint density at radius 2 is 2.38 bits per heavy atom.